The molecular weight excluding hydrogens is 582 g/mol. The number of nitrogens with zero attached hydrogens (tertiary/aromatic N) is 2. The van der Waals surface area contributed by atoms with Crippen molar-refractivity contribution in [3.63, 3.8) is 0 Å². The van der Waals surface area contributed by atoms with Gasteiger partial charge in [-0.2, -0.15) is 0 Å². The maximum atomic E-state index is 14.0. The summed E-state index contributed by atoms with van der Waals surface area (Å²) in [6, 6.07) is 5.87. The molecule has 0 bridgehead atoms. The van der Waals surface area contributed by atoms with Crippen LogP contribution in [0.5, 0.6) is 5.75 Å². The number of likely N-dealkylation sites (N-methyl/N-ethyl adjacent to an activating group) is 1. The van der Waals surface area contributed by atoms with Crippen molar-refractivity contribution in [3.05, 3.63) is 45.9 Å². The number of rotatable bonds is 17. The number of hydrogen-bond acceptors (Lipinski definition) is 10. The summed E-state index contributed by atoms with van der Waals surface area (Å²) >= 11 is 1.40. The molecule has 2 aliphatic rings. The number of likely N-dealkylation sites (tertiary alicyclic amines) is 1. The van der Waals surface area contributed by atoms with Crippen molar-refractivity contribution in [2.24, 2.45) is 11.7 Å². The van der Waals surface area contributed by atoms with Crippen molar-refractivity contribution in [1.29, 1.82) is 0 Å². The van der Waals surface area contributed by atoms with Gasteiger partial charge >= 0.3 is 0 Å². The van der Waals surface area contributed by atoms with Gasteiger partial charge in [0.2, 0.25) is 17.6 Å². The van der Waals surface area contributed by atoms with Gasteiger partial charge in [-0.1, -0.05) is 31.4 Å². The Labute approximate surface area is 264 Å². The van der Waals surface area contributed by atoms with Crippen LogP contribution in [-0.2, 0) is 19.1 Å². The van der Waals surface area contributed by atoms with Crippen LogP contribution in [0.15, 0.2) is 29.6 Å². The zero-order valence-electron chi connectivity index (χ0n) is 25.9. The lowest BCUT2D eigenvalue weighted by molar-refractivity contribution is -0.139. The third kappa shape index (κ3) is 9.31. The van der Waals surface area contributed by atoms with Crippen molar-refractivity contribution in [3.8, 4) is 5.75 Å². The van der Waals surface area contributed by atoms with E-state index in [-0.39, 0.29) is 35.6 Å². The first kappa shape index (κ1) is 34.0. The summed E-state index contributed by atoms with van der Waals surface area (Å²) in [5.74, 6) is 0.285. The molecular formula is C32H47N5O6S. The number of hydrogen-bond donors (Lipinski definition) is 3. The van der Waals surface area contributed by atoms with Gasteiger partial charge in [0.25, 0.3) is 0 Å². The number of benzene rings is 1. The molecule has 1 aromatic heterocycles. The van der Waals surface area contributed by atoms with Crippen molar-refractivity contribution in [2.45, 2.75) is 70.0 Å². The lowest BCUT2D eigenvalue weighted by Crippen LogP contribution is -2.55. The Morgan fingerprint density at radius 2 is 1.80 bits per heavy atom. The number of aromatic nitrogens is 1. The molecule has 11 nitrogen and oxygen atoms in total. The van der Waals surface area contributed by atoms with Crippen LogP contribution in [0.4, 0.5) is 0 Å². The fraction of sp³-hybridized carbons (Fsp3) is 0.625. The first-order chi connectivity index (χ1) is 21.4. The number of nitrogens with two attached hydrogens (primary N) is 1. The summed E-state index contributed by atoms with van der Waals surface area (Å²) in [7, 11) is 1.74. The molecule has 1 saturated heterocycles. The Hall–Kier alpha value is -2.90. The van der Waals surface area contributed by atoms with E-state index < -0.39 is 6.04 Å². The Bertz CT molecular complexity index is 1220. The first-order valence-electron chi connectivity index (χ1n) is 15.8. The minimum atomic E-state index is -0.558. The lowest BCUT2D eigenvalue weighted by Gasteiger charge is -2.35. The number of carbonyl (C=O) groups excluding carboxylic acids is 3. The van der Waals surface area contributed by atoms with E-state index in [0.717, 1.165) is 50.0 Å². The average Bonchev–Trinajstić information content (AvgIpc) is 3.75. The standard InChI is InChI=1S/C32H47N5O6S/c1-22(34-2)30(39)36-28(23-8-4-3-5-9-23)32(40)37-14-7-12-27(37)31-35-26(21-44-31)29(38)24-10-6-11-25(20-24)43-19-18-42-17-16-41-15-13-33/h6,10-11,20-23,27-28,34H,3-5,7-9,12-19,33H2,1-2H3,(H,36,39)/t22?,27-,28?/m0/s1. The number of ketones is 1. The van der Waals surface area contributed by atoms with Crippen LogP contribution in [-0.4, -0.2) is 92.7 Å². The molecule has 2 heterocycles. The molecule has 1 saturated carbocycles. The molecule has 4 N–H and O–H groups in total. The van der Waals surface area contributed by atoms with E-state index in [1.165, 1.54) is 11.3 Å². The maximum absolute atomic E-state index is 14.0. The number of nitrogens with one attached hydrogen (secondary N) is 2. The topological polar surface area (TPSA) is 145 Å². The Kier molecular flexibility index (Phi) is 13.6. The van der Waals surface area contributed by atoms with Gasteiger partial charge in [-0.25, -0.2) is 4.98 Å². The van der Waals surface area contributed by atoms with Crippen LogP contribution < -0.4 is 21.1 Å². The third-order valence-corrected chi connectivity index (χ3v) is 9.26. The summed E-state index contributed by atoms with van der Waals surface area (Å²) in [4.78, 5) is 46.9. The Morgan fingerprint density at radius 3 is 2.55 bits per heavy atom. The second-order valence-electron chi connectivity index (χ2n) is 11.4. The lowest BCUT2D eigenvalue weighted by atomic mass is 9.83. The van der Waals surface area contributed by atoms with Crippen LogP contribution in [0, 0.1) is 5.92 Å². The Morgan fingerprint density at radius 1 is 1.05 bits per heavy atom. The molecule has 3 atom stereocenters. The smallest absolute Gasteiger partial charge is 0.246 e. The quantitative estimate of drug-likeness (QED) is 0.178. The highest BCUT2D eigenvalue weighted by molar-refractivity contribution is 7.10. The highest BCUT2D eigenvalue weighted by Gasteiger charge is 2.40. The minimum Gasteiger partial charge on any atom is -0.491 e. The van der Waals surface area contributed by atoms with E-state index >= 15 is 0 Å². The van der Waals surface area contributed by atoms with Crippen LogP contribution >= 0.6 is 11.3 Å². The predicted octanol–water partition coefficient (Wildman–Crippen LogP) is 3.08. The van der Waals surface area contributed by atoms with Crippen LogP contribution in [0.2, 0.25) is 0 Å². The predicted molar refractivity (Wildman–Crippen MR) is 169 cm³/mol. The summed E-state index contributed by atoms with van der Waals surface area (Å²) in [6.07, 6.45) is 6.78. The fourth-order valence-electron chi connectivity index (χ4n) is 5.77. The Balaban J connectivity index is 1.38. The van der Waals surface area contributed by atoms with Gasteiger partial charge in [-0.3, -0.25) is 14.4 Å². The molecule has 44 heavy (non-hydrogen) atoms. The summed E-state index contributed by atoms with van der Waals surface area (Å²) in [5.41, 5.74) is 6.22. The summed E-state index contributed by atoms with van der Waals surface area (Å²) in [6.45, 7) is 5.08. The highest BCUT2D eigenvalue weighted by atomic mass is 32.1. The largest absolute Gasteiger partial charge is 0.491 e. The van der Waals surface area contributed by atoms with Crippen molar-refractivity contribution < 1.29 is 28.6 Å². The number of thiazole rings is 1. The number of ether oxygens (including phenoxy) is 3. The molecule has 0 spiro atoms. The maximum Gasteiger partial charge on any atom is 0.246 e. The zero-order chi connectivity index (χ0) is 31.3. The van der Waals surface area contributed by atoms with Crippen LogP contribution in [0.1, 0.15) is 79.0 Å². The van der Waals surface area contributed by atoms with Gasteiger partial charge in [0.1, 0.15) is 29.1 Å². The molecule has 2 unspecified atom stereocenters. The van der Waals surface area contributed by atoms with E-state index in [9.17, 15) is 14.4 Å². The third-order valence-electron chi connectivity index (χ3n) is 8.31. The van der Waals surface area contributed by atoms with Crippen LogP contribution in [0.25, 0.3) is 0 Å². The van der Waals surface area contributed by atoms with Gasteiger partial charge in [0, 0.05) is 24.0 Å². The number of carbonyl (C=O) groups is 3. The van der Waals surface area contributed by atoms with Gasteiger partial charge in [0.05, 0.1) is 38.5 Å². The molecule has 4 rings (SSSR count). The summed E-state index contributed by atoms with van der Waals surface area (Å²) < 4.78 is 16.5. The normalized spacial score (nSPS) is 18.6. The van der Waals surface area contributed by atoms with E-state index in [4.69, 9.17) is 24.9 Å². The van der Waals surface area contributed by atoms with Crippen molar-refractivity contribution >= 4 is 28.9 Å². The highest BCUT2D eigenvalue weighted by Crippen LogP contribution is 2.36. The van der Waals surface area contributed by atoms with E-state index in [2.05, 4.69) is 10.6 Å². The van der Waals surface area contributed by atoms with Gasteiger partial charge in [-0.15, -0.1) is 11.3 Å². The molecule has 1 aromatic carbocycles. The first-order valence-corrected chi connectivity index (χ1v) is 16.7. The minimum absolute atomic E-state index is 0.0453. The van der Waals surface area contributed by atoms with Gasteiger partial charge in [0.15, 0.2) is 0 Å². The van der Waals surface area contributed by atoms with E-state index in [1.807, 2.05) is 4.90 Å². The molecule has 1 aliphatic heterocycles. The molecule has 2 aromatic rings. The van der Waals surface area contributed by atoms with E-state index in [0.29, 0.717) is 63.1 Å². The second-order valence-corrected chi connectivity index (χ2v) is 12.3. The SMILES string of the molecule is CNC(C)C(=O)NC(C(=O)N1CCC[C@H]1c1nc(C(=O)c2cccc(OCCOCCOCCN)c2)cs1)C1CCCCC1. The molecule has 12 heteroatoms. The molecule has 2 amide bonds. The monoisotopic (exact) mass is 629 g/mol. The molecule has 0 radical (unpaired) electrons. The van der Waals surface area contributed by atoms with Gasteiger partial charge in [-0.05, 0) is 57.7 Å². The van der Waals surface area contributed by atoms with E-state index in [1.54, 1.807) is 43.6 Å². The fourth-order valence-corrected chi connectivity index (χ4v) is 6.71. The molecule has 2 fully saturated rings. The average molecular weight is 630 g/mol. The molecule has 242 valence electrons. The van der Waals surface area contributed by atoms with Crippen molar-refractivity contribution in [2.75, 3.05) is 53.2 Å². The summed E-state index contributed by atoms with van der Waals surface area (Å²) in [5, 5.41) is 8.56. The molecule has 1 aliphatic carbocycles. The second kappa shape index (κ2) is 17.6. The van der Waals surface area contributed by atoms with Crippen molar-refractivity contribution in [1.82, 2.24) is 20.5 Å². The zero-order valence-corrected chi connectivity index (χ0v) is 26.7. The van der Waals surface area contributed by atoms with Gasteiger partial charge < -0.3 is 35.5 Å². The number of amides is 2. The van der Waals surface area contributed by atoms with Crippen LogP contribution in [0.3, 0.4) is 0 Å².